The number of para-hydroxylation sites is 3. The van der Waals surface area contributed by atoms with Gasteiger partial charge in [0.1, 0.15) is 22.7 Å². The van der Waals surface area contributed by atoms with Crippen molar-refractivity contribution < 1.29 is 9.15 Å². The summed E-state index contributed by atoms with van der Waals surface area (Å²) >= 11 is 0. The summed E-state index contributed by atoms with van der Waals surface area (Å²) in [6, 6.07) is 60.3. The lowest BCUT2D eigenvalue weighted by Crippen LogP contribution is -2.34. The normalized spacial score (nSPS) is 13.0. The Hall–Kier alpha value is -6.85. The summed E-state index contributed by atoms with van der Waals surface area (Å²) in [5.41, 5.74) is 7.95. The maximum atomic E-state index is 6.94. The predicted molar refractivity (Wildman–Crippen MR) is 202 cm³/mol. The first-order valence-electron chi connectivity index (χ1n) is 17.0. The van der Waals surface area contributed by atoms with Crippen molar-refractivity contribution >= 4 is 21.9 Å². The monoisotopic (exact) mass is 655 g/mol. The highest BCUT2D eigenvalue weighted by molar-refractivity contribution is 6.06. The van der Waals surface area contributed by atoms with Gasteiger partial charge in [-0.05, 0) is 47.5 Å². The van der Waals surface area contributed by atoms with Gasteiger partial charge in [0, 0.05) is 33.0 Å². The number of aromatic nitrogens is 3. The van der Waals surface area contributed by atoms with E-state index in [2.05, 4.69) is 97.1 Å². The Morgan fingerprint density at radius 3 is 1.76 bits per heavy atom. The van der Waals surface area contributed by atoms with E-state index in [0.29, 0.717) is 17.5 Å². The van der Waals surface area contributed by atoms with Crippen LogP contribution in [0.15, 0.2) is 180 Å². The maximum Gasteiger partial charge on any atom is 0.167 e. The lowest BCUT2D eigenvalue weighted by atomic mass is 9.63. The average Bonchev–Trinajstić information content (AvgIpc) is 3.59. The molecule has 1 aliphatic heterocycles. The fourth-order valence-electron chi connectivity index (χ4n) is 7.61. The minimum Gasteiger partial charge on any atom is -0.456 e. The lowest BCUT2D eigenvalue weighted by Gasteiger charge is -2.42. The van der Waals surface area contributed by atoms with Gasteiger partial charge in [0.05, 0.1) is 11.0 Å². The number of hydrogen-bond donors (Lipinski definition) is 0. The Bertz CT molecular complexity index is 2680. The van der Waals surface area contributed by atoms with Crippen LogP contribution in [0.4, 0.5) is 0 Å². The van der Waals surface area contributed by atoms with Crippen molar-refractivity contribution in [1.29, 1.82) is 0 Å². The molecule has 240 valence electrons. The average molecular weight is 656 g/mol. The van der Waals surface area contributed by atoms with Crippen LogP contribution >= 0.6 is 0 Å². The van der Waals surface area contributed by atoms with Crippen LogP contribution in [-0.2, 0) is 5.41 Å². The second-order valence-corrected chi connectivity index (χ2v) is 12.7. The first-order valence-corrected chi connectivity index (χ1v) is 17.0. The molecule has 51 heavy (non-hydrogen) atoms. The number of fused-ring (bicyclic) bond motifs is 5. The first kappa shape index (κ1) is 29.1. The zero-order valence-corrected chi connectivity index (χ0v) is 27.4. The Morgan fingerprint density at radius 1 is 0.412 bits per heavy atom. The van der Waals surface area contributed by atoms with E-state index in [-0.39, 0.29) is 0 Å². The molecule has 9 aromatic rings. The molecule has 0 bridgehead atoms. The Balaban J connectivity index is 1.24. The van der Waals surface area contributed by atoms with Crippen LogP contribution in [0.3, 0.4) is 0 Å². The van der Waals surface area contributed by atoms with Gasteiger partial charge < -0.3 is 9.15 Å². The van der Waals surface area contributed by atoms with Gasteiger partial charge in [-0.1, -0.05) is 140 Å². The van der Waals surface area contributed by atoms with Gasteiger partial charge in [-0.2, -0.15) is 0 Å². The molecular weight excluding hydrogens is 627 g/mol. The molecule has 1 aliphatic rings. The molecule has 3 heterocycles. The molecule has 0 N–H and O–H groups in total. The Kier molecular flexibility index (Phi) is 6.64. The van der Waals surface area contributed by atoms with E-state index in [1.807, 2.05) is 78.9 Å². The fraction of sp³-hybridized carbons (Fsp3) is 0.0217. The van der Waals surface area contributed by atoms with Crippen LogP contribution in [-0.4, -0.2) is 15.0 Å². The summed E-state index contributed by atoms with van der Waals surface area (Å²) in [5, 5.41) is 2.06. The standard InChI is InChI=1S/C46H29N3O2/c1-4-15-30(16-5-1)43-47-44(31-27-28-40-36(29-31)34-21-10-12-25-39(34)50-40)49-45(48-43)35-22-14-24-38-42(35)51-41-26-13-11-23-37(41)46(38,32-17-6-2-7-18-32)33-19-8-3-9-20-33/h1-29H. The molecule has 10 rings (SSSR count). The molecule has 2 aromatic heterocycles. The van der Waals surface area contributed by atoms with E-state index in [4.69, 9.17) is 24.1 Å². The molecule has 0 saturated carbocycles. The molecule has 0 unspecified atom stereocenters. The van der Waals surface area contributed by atoms with E-state index >= 15 is 0 Å². The third kappa shape index (κ3) is 4.59. The number of hydrogen-bond acceptors (Lipinski definition) is 5. The smallest absolute Gasteiger partial charge is 0.167 e. The quantitative estimate of drug-likeness (QED) is 0.185. The predicted octanol–water partition coefficient (Wildman–Crippen LogP) is 11.3. The largest absolute Gasteiger partial charge is 0.456 e. The highest BCUT2D eigenvalue weighted by Gasteiger charge is 2.46. The van der Waals surface area contributed by atoms with Gasteiger partial charge in [-0.25, -0.2) is 15.0 Å². The van der Waals surface area contributed by atoms with E-state index in [9.17, 15) is 0 Å². The second kappa shape index (κ2) is 11.6. The van der Waals surface area contributed by atoms with Crippen molar-refractivity contribution in [1.82, 2.24) is 15.0 Å². The highest BCUT2D eigenvalue weighted by atomic mass is 16.5. The lowest BCUT2D eigenvalue weighted by molar-refractivity contribution is 0.436. The van der Waals surface area contributed by atoms with Gasteiger partial charge in [-0.3, -0.25) is 0 Å². The first-order chi connectivity index (χ1) is 25.3. The molecule has 0 atom stereocenters. The van der Waals surface area contributed by atoms with Crippen molar-refractivity contribution in [2.45, 2.75) is 5.41 Å². The summed E-state index contributed by atoms with van der Waals surface area (Å²) in [7, 11) is 0. The van der Waals surface area contributed by atoms with Gasteiger partial charge in [0.25, 0.3) is 0 Å². The molecule has 5 nitrogen and oxygen atoms in total. The van der Waals surface area contributed by atoms with Crippen molar-refractivity contribution in [2.24, 2.45) is 0 Å². The van der Waals surface area contributed by atoms with E-state index < -0.39 is 5.41 Å². The van der Waals surface area contributed by atoms with E-state index in [1.165, 1.54) is 0 Å². The Labute approximate surface area is 294 Å². The zero-order valence-electron chi connectivity index (χ0n) is 27.4. The van der Waals surface area contributed by atoms with E-state index in [1.54, 1.807) is 0 Å². The minimum absolute atomic E-state index is 0.530. The fourth-order valence-corrected chi connectivity index (χ4v) is 7.61. The topological polar surface area (TPSA) is 61.0 Å². The van der Waals surface area contributed by atoms with Crippen LogP contribution in [0.1, 0.15) is 22.3 Å². The van der Waals surface area contributed by atoms with Crippen LogP contribution in [0.2, 0.25) is 0 Å². The van der Waals surface area contributed by atoms with Crippen molar-refractivity contribution in [3.05, 3.63) is 198 Å². The number of furan rings is 1. The highest BCUT2D eigenvalue weighted by Crippen LogP contribution is 2.57. The van der Waals surface area contributed by atoms with Gasteiger partial charge >= 0.3 is 0 Å². The maximum absolute atomic E-state index is 6.94. The molecule has 5 heteroatoms. The molecule has 0 spiro atoms. The summed E-state index contributed by atoms with van der Waals surface area (Å²) in [6.07, 6.45) is 0. The van der Waals surface area contributed by atoms with E-state index in [0.717, 1.165) is 72.4 Å². The molecule has 0 radical (unpaired) electrons. The van der Waals surface area contributed by atoms with Crippen LogP contribution < -0.4 is 4.74 Å². The zero-order chi connectivity index (χ0) is 33.8. The molecular formula is C46H29N3O2. The number of ether oxygens (including phenoxy) is 1. The molecule has 7 aromatic carbocycles. The molecule has 0 fully saturated rings. The third-order valence-corrected chi connectivity index (χ3v) is 9.88. The van der Waals surface area contributed by atoms with Crippen molar-refractivity contribution in [2.75, 3.05) is 0 Å². The van der Waals surface area contributed by atoms with Crippen LogP contribution in [0.5, 0.6) is 11.5 Å². The third-order valence-electron chi connectivity index (χ3n) is 9.88. The van der Waals surface area contributed by atoms with Gasteiger partial charge in [0.15, 0.2) is 17.5 Å². The van der Waals surface area contributed by atoms with Crippen molar-refractivity contribution in [3.8, 4) is 45.7 Å². The summed E-state index contributed by atoms with van der Waals surface area (Å²) in [6.45, 7) is 0. The van der Waals surface area contributed by atoms with Crippen LogP contribution in [0, 0.1) is 0 Å². The minimum atomic E-state index is -0.659. The number of benzene rings is 7. The van der Waals surface area contributed by atoms with Crippen LogP contribution in [0.25, 0.3) is 56.1 Å². The van der Waals surface area contributed by atoms with Gasteiger partial charge in [0.2, 0.25) is 0 Å². The summed E-state index contributed by atoms with van der Waals surface area (Å²) < 4.78 is 13.1. The summed E-state index contributed by atoms with van der Waals surface area (Å²) in [5.74, 6) is 3.19. The molecule has 0 aliphatic carbocycles. The SMILES string of the molecule is c1ccc(-c2nc(-c3ccc4oc5ccccc5c4c3)nc(-c3cccc4c3Oc3ccccc3C4(c3ccccc3)c3ccccc3)n2)cc1. The number of rotatable bonds is 5. The Morgan fingerprint density at radius 2 is 1.00 bits per heavy atom. The summed E-state index contributed by atoms with van der Waals surface area (Å²) in [4.78, 5) is 15.4. The van der Waals surface area contributed by atoms with Crippen molar-refractivity contribution in [3.63, 3.8) is 0 Å². The van der Waals surface area contributed by atoms with Gasteiger partial charge in [-0.15, -0.1) is 0 Å². The second-order valence-electron chi connectivity index (χ2n) is 12.7. The molecule has 0 saturated heterocycles. The number of nitrogens with zero attached hydrogens (tertiary/aromatic N) is 3. The molecule has 0 amide bonds.